The average molecular weight is 315 g/mol. The Balaban J connectivity index is 1.44. The van der Waals surface area contributed by atoms with Crippen molar-refractivity contribution in [3.05, 3.63) is 51.6 Å². The fourth-order valence-corrected chi connectivity index (χ4v) is 3.83. The molecule has 0 bridgehead atoms. The maximum atomic E-state index is 12.0. The Morgan fingerprint density at radius 2 is 2.23 bits per heavy atom. The Labute approximate surface area is 131 Å². The van der Waals surface area contributed by atoms with Crippen molar-refractivity contribution < 1.29 is 0 Å². The van der Waals surface area contributed by atoms with Crippen LogP contribution in [-0.2, 0) is 6.54 Å². The van der Waals surface area contributed by atoms with E-state index in [1.54, 1.807) is 16.7 Å². The zero-order chi connectivity index (χ0) is 14.9. The number of thiazole rings is 1. The van der Waals surface area contributed by atoms with Crippen molar-refractivity contribution in [2.45, 2.75) is 25.3 Å². The van der Waals surface area contributed by atoms with Crippen LogP contribution in [0.2, 0.25) is 0 Å². The van der Waals surface area contributed by atoms with Gasteiger partial charge < -0.3 is 0 Å². The SMILES string of the molecule is O=c1cc(CN2CCC(c3ccn[nH]3)CC2)nc2sccn12. The van der Waals surface area contributed by atoms with Gasteiger partial charge in [-0.2, -0.15) is 5.10 Å². The molecule has 3 aromatic rings. The van der Waals surface area contributed by atoms with Crippen LogP contribution < -0.4 is 5.56 Å². The predicted molar refractivity (Wildman–Crippen MR) is 85.2 cm³/mol. The fraction of sp³-hybridized carbons (Fsp3) is 0.400. The Bertz CT molecular complexity index is 814. The lowest BCUT2D eigenvalue weighted by atomic mass is 9.93. The highest BCUT2D eigenvalue weighted by Gasteiger charge is 2.22. The van der Waals surface area contributed by atoms with E-state index >= 15 is 0 Å². The van der Waals surface area contributed by atoms with Crippen LogP contribution in [-0.4, -0.2) is 37.6 Å². The van der Waals surface area contributed by atoms with Crippen LogP contribution in [0, 0.1) is 0 Å². The molecule has 7 heteroatoms. The maximum absolute atomic E-state index is 12.0. The molecule has 1 aliphatic heterocycles. The molecule has 1 saturated heterocycles. The Hall–Kier alpha value is -1.99. The monoisotopic (exact) mass is 315 g/mol. The Morgan fingerprint density at radius 1 is 1.36 bits per heavy atom. The quantitative estimate of drug-likeness (QED) is 0.801. The van der Waals surface area contributed by atoms with Crippen LogP contribution in [0.25, 0.3) is 4.96 Å². The number of piperidine rings is 1. The van der Waals surface area contributed by atoms with Crippen LogP contribution in [0.5, 0.6) is 0 Å². The lowest BCUT2D eigenvalue weighted by molar-refractivity contribution is 0.201. The summed E-state index contributed by atoms with van der Waals surface area (Å²) in [6.07, 6.45) is 5.81. The van der Waals surface area contributed by atoms with E-state index in [1.807, 2.05) is 11.6 Å². The van der Waals surface area contributed by atoms with E-state index in [0.717, 1.165) is 43.1 Å². The number of hydrogen-bond donors (Lipinski definition) is 1. The molecule has 114 valence electrons. The summed E-state index contributed by atoms with van der Waals surface area (Å²) in [5.41, 5.74) is 2.11. The van der Waals surface area contributed by atoms with Crippen LogP contribution >= 0.6 is 11.3 Å². The lowest BCUT2D eigenvalue weighted by Crippen LogP contribution is -2.33. The normalized spacial score (nSPS) is 17.3. The maximum Gasteiger partial charge on any atom is 0.258 e. The molecule has 0 atom stereocenters. The van der Waals surface area contributed by atoms with Gasteiger partial charge in [0, 0.05) is 42.0 Å². The van der Waals surface area contributed by atoms with Crippen LogP contribution in [0.3, 0.4) is 0 Å². The van der Waals surface area contributed by atoms with Crippen molar-refractivity contribution >= 4 is 16.3 Å². The standard InChI is InChI=1S/C15H17N5OS/c21-14-9-12(17-15-20(14)7-8-22-15)10-19-5-2-11(3-6-19)13-1-4-16-18-13/h1,4,7-9,11H,2-3,5-6,10H2,(H,16,18). The third kappa shape index (κ3) is 2.57. The molecule has 0 amide bonds. The van der Waals surface area contributed by atoms with Gasteiger partial charge >= 0.3 is 0 Å². The van der Waals surface area contributed by atoms with E-state index in [-0.39, 0.29) is 5.56 Å². The van der Waals surface area contributed by atoms with Gasteiger partial charge in [0.15, 0.2) is 4.96 Å². The van der Waals surface area contributed by atoms with E-state index < -0.39 is 0 Å². The van der Waals surface area contributed by atoms with Crippen molar-refractivity contribution in [2.24, 2.45) is 0 Å². The summed E-state index contributed by atoms with van der Waals surface area (Å²) in [7, 11) is 0. The number of nitrogens with one attached hydrogen (secondary N) is 1. The smallest absolute Gasteiger partial charge is 0.258 e. The van der Waals surface area contributed by atoms with Crippen LogP contribution in [0.4, 0.5) is 0 Å². The zero-order valence-electron chi connectivity index (χ0n) is 12.1. The van der Waals surface area contributed by atoms with Crippen molar-refractivity contribution in [1.82, 2.24) is 24.5 Å². The van der Waals surface area contributed by atoms with Crippen molar-refractivity contribution in [2.75, 3.05) is 13.1 Å². The molecule has 1 N–H and O–H groups in total. The number of fused-ring (bicyclic) bond motifs is 1. The number of aromatic nitrogens is 4. The van der Waals surface area contributed by atoms with E-state index in [4.69, 9.17) is 0 Å². The Morgan fingerprint density at radius 3 is 3.00 bits per heavy atom. The summed E-state index contributed by atoms with van der Waals surface area (Å²) < 4.78 is 1.60. The summed E-state index contributed by atoms with van der Waals surface area (Å²) in [4.78, 5) is 19.7. The number of likely N-dealkylation sites (tertiary alicyclic amines) is 1. The summed E-state index contributed by atoms with van der Waals surface area (Å²) in [6.45, 7) is 2.80. The first kappa shape index (κ1) is 13.7. The largest absolute Gasteiger partial charge is 0.297 e. The van der Waals surface area contributed by atoms with Crippen molar-refractivity contribution in [3.63, 3.8) is 0 Å². The minimum absolute atomic E-state index is 0.00796. The highest BCUT2D eigenvalue weighted by atomic mass is 32.1. The third-order valence-electron chi connectivity index (χ3n) is 4.29. The van der Waals surface area contributed by atoms with Crippen LogP contribution in [0.1, 0.15) is 30.1 Å². The van der Waals surface area contributed by atoms with E-state index in [2.05, 4.69) is 26.1 Å². The molecule has 4 heterocycles. The lowest BCUT2D eigenvalue weighted by Gasteiger charge is -2.31. The second-order valence-electron chi connectivity index (χ2n) is 5.70. The Kier molecular flexibility index (Phi) is 3.51. The topological polar surface area (TPSA) is 66.3 Å². The van der Waals surface area contributed by atoms with Gasteiger partial charge in [0.05, 0.1) is 5.69 Å². The number of rotatable bonds is 3. The first-order valence-corrected chi connectivity index (χ1v) is 8.35. The zero-order valence-corrected chi connectivity index (χ0v) is 12.9. The number of nitrogens with zero attached hydrogens (tertiary/aromatic N) is 4. The minimum Gasteiger partial charge on any atom is -0.297 e. The summed E-state index contributed by atoms with van der Waals surface area (Å²) in [5.74, 6) is 0.567. The highest BCUT2D eigenvalue weighted by molar-refractivity contribution is 7.15. The summed E-state index contributed by atoms with van der Waals surface area (Å²) in [5, 5.41) is 9.00. The van der Waals surface area contributed by atoms with Gasteiger partial charge in [0.25, 0.3) is 5.56 Å². The molecular weight excluding hydrogens is 298 g/mol. The first-order valence-electron chi connectivity index (χ1n) is 7.47. The van der Waals surface area contributed by atoms with E-state index in [0.29, 0.717) is 5.92 Å². The van der Waals surface area contributed by atoms with Gasteiger partial charge in [-0.3, -0.25) is 19.2 Å². The second kappa shape index (κ2) is 5.66. The molecule has 1 aliphatic rings. The average Bonchev–Trinajstić information content (AvgIpc) is 3.19. The second-order valence-corrected chi connectivity index (χ2v) is 6.58. The van der Waals surface area contributed by atoms with Gasteiger partial charge in [-0.25, -0.2) is 4.98 Å². The molecule has 1 fully saturated rings. The van der Waals surface area contributed by atoms with Gasteiger partial charge in [0.2, 0.25) is 0 Å². The predicted octanol–water partition coefficient (Wildman–Crippen LogP) is 1.86. The molecule has 0 saturated carbocycles. The molecule has 0 radical (unpaired) electrons. The number of aromatic amines is 1. The summed E-state index contributed by atoms with van der Waals surface area (Å²) in [6, 6.07) is 3.72. The molecule has 3 aromatic heterocycles. The minimum atomic E-state index is 0.00796. The van der Waals surface area contributed by atoms with Crippen molar-refractivity contribution in [3.8, 4) is 0 Å². The van der Waals surface area contributed by atoms with Crippen molar-refractivity contribution in [1.29, 1.82) is 0 Å². The molecule has 0 aliphatic carbocycles. The van der Waals surface area contributed by atoms with Gasteiger partial charge in [-0.1, -0.05) is 0 Å². The van der Waals surface area contributed by atoms with Gasteiger partial charge in [-0.05, 0) is 32.0 Å². The molecule has 0 aromatic carbocycles. The highest BCUT2D eigenvalue weighted by Crippen LogP contribution is 2.26. The number of H-pyrrole nitrogens is 1. The van der Waals surface area contributed by atoms with Gasteiger partial charge in [0.1, 0.15) is 0 Å². The molecule has 0 unspecified atom stereocenters. The molecular formula is C15H17N5OS. The van der Waals surface area contributed by atoms with Gasteiger partial charge in [-0.15, -0.1) is 11.3 Å². The third-order valence-corrected chi connectivity index (χ3v) is 5.05. The van der Waals surface area contributed by atoms with Crippen LogP contribution in [0.15, 0.2) is 34.7 Å². The fourth-order valence-electron chi connectivity index (χ4n) is 3.09. The number of hydrogen-bond acceptors (Lipinski definition) is 5. The van der Waals surface area contributed by atoms with E-state index in [9.17, 15) is 4.79 Å². The summed E-state index contributed by atoms with van der Waals surface area (Å²) >= 11 is 1.50. The van der Waals surface area contributed by atoms with E-state index in [1.165, 1.54) is 17.0 Å². The molecule has 0 spiro atoms. The molecule has 4 rings (SSSR count). The first-order chi connectivity index (χ1) is 10.8. The molecule has 22 heavy (non-hydrogen) atoms. The molecule has 6 nitrogen and oxygen atoms in total.